The van der Waals surface area contributed by atoms with Gasteiger partial charge < -0.3 is 19.5 Å². The van der Waals surface area contributed by atoms with Crippen LogP contribution in [0.25, 0.3) is 11.1 Å². The van der Waals surface area contributed by atoms with Gasteiger partial charge in [-0.05, 0) is 44.0 Å². The fourth-order valence-corrected chi connectivity index (χ4v) is 6.35. The van der Waals surface area contributed by atoms with E-state index in [-0.39, 0.29) is 42.0 Å². The Morgan fingerprint density at radius 3 is 2.62 bits per heavy atom. The van der Waals surface area contributed by atoms with Crippen molar-refractivity contribution in [3.8, 4) is 11.1 Å². The summed E-state index contributed by atoms with van der Waals surface area (Å²) in [7, 11) is 2.09. The van der Waals surface area contributed by atoms with Crippen LogP contribution in [-0.4, -0.2) is 87.7 Å². The maximum absolute atomic E-state index is 13.8. The highest BCUT2D eigenvalue weighted by molar-refractivity contribution is 5.83. The maximum atomic E-state index is 13.8. The number of carbonyl (C=O) groups excluding carboxylic acids is 1. The van der Waals surface area contributed by atoms with Crippen LogP contribution in [0.3, 0.4) is 0 Å². The molecule has 1 saturated carbocycles. The molecular formula is C26H33N5O3. The minimum absolute atomic E-state index is 0.00480. The molecule has 2 aromatic rings. The van der Waals surface area contributed by atoms with Crippen LogP contribution in [0.5, 0.6) is 0 Å². The quantitative estimate of drug-likeness (QED) is 0.714. The molecule has 0 unspecified atom stereocenters. The third-order valence-corrected chi connectivity index (χ3v) is 8.40. The summed E-state index contributed by atoms with van der Waals surface area (Å²) in [5.41, 5.74) is 2.44. The summed E-state index contributed by atoms with van der Waals surface area (Å²) in [5.74, 6) is 0.651. The zero-order valence-electron chi connectivity index (χ0n) is 19.7. The second kappa shape index (κ2) is 8.59. The monoisotopic (exact) mass is 463 g/mol. The van der Waals surface area contributed by atoms with Gasteiger partial charge in [0, 0.05) is 86.9 Å². The minimum atomic E-state index is -0.314. The lowest BCUT2D eigenvalue weighted by Gasteiger charge is -2.38. The Labute approximate surface area is 199 Å². The molecule has 1 amide bonds. The van der Waals surface area contributed by atoms with Gasteiger partial charge in [0.05, 0.1) is 12.1 Å². The van der Waals surface area contributed by atoms with Crippen LogP contribution in [-0.2, 0) is 11.3 Å². The second-order valence-electron chi connectivity index (χ2n) is 10.5. The first kappa shape index (κ1) is 21.9. The molecule has 0 bridgehead atoms. The molecule has 6 rings (SSSR count). The lowest BCUT2D eigenvalue weighted by Crippen LogP contribution is -2.55. The zero-order valence-corrected chi connectivity index (χ0v) is 19.7. The number of likely N-dealkylation sites (tertiary alicyclic amines) is 1. The van der Waals surface area contributed by atoms with E-state index in [1.165, 1.54) is 12.8 Å². The number of aliphatic hydroxyl groups is 1. The van der Waals surface area contributed by atoms with Gasteiger partial charge in [0.1, 0.15) is 0 Å². The summed E-state index contributed by atoms with van der Waals surface area (Å²) >= 11 is 0. The molecule has 0 radical (unpaired) electrons. The smallest absolute Gasteiger partial charge is 0.258 e. The molecule has 2 aromatic heterocycles. The summed E-state index contributed by atoms with van der Waals surface area (Å²) in [6.45, 7) is 4.61. The molecule has 4 atom stereocenters. The van der Waals surface area contributed by atoms with Gasteiger partial charge in [-0.2, -0.15) is 0 Å². The van der Waals surface area contributed by atoms with Gasteiger partial charge in [0.15, 0.2) is 0 Å². The van der Waals surface area contributed by atoms with Crippen LogP contribution in [0, 0.1) is 17.8 Å². The van der Waals surface area contributed by atoms with Crippen molar-refractivity contribution in [3.63, 3.8) is 0 Å². The summed E-state index contributed by atoms with van der Waals surface area (Å²) < 4.78 is 1.89. The number of carbonyl (C=O) groups is 1. The Kier molecular flexibility index (Phi) is 5.54. The average molecular weight is 464 g/mol. The van der Waals surface area contributed by atoms with E-state index in [0.717, 1.165) is 44.0 Å². The van der Waals surface area contributed by atoms with E-state index < -0.39 is 0 Å². The Hall–Kier alpha value is -2.55. The fourth-order valence-electron chi connectivity index (χ4n) is 6.35. The van der Waals surface area contributed by atoms with Gasteiger partial charge in [-0.15, -0.1) is 0 Å². The van der Waals surface area contributed by atoms with E-state index >= 15 is 0 Å². The topological polar surface area (TPSA) is 81.9 Å². The lowest BCUT2D eigenvalue weighted by molar-refractivity contribution is -0.140. The summed E-state index contributed by atoms with van der Waals surface area (Å²) in [5, 5.41) is 10.5. The van der Waals surface area contributed by atoms with Crippen LogP contribution in [0.1, 0.15) is 24.6 Å². The maximum Gasteiger partial charge on any atom is 0.258 e. The van der Waals surface area contributed by atoms with E-state index in [9.17, 15) is 14.7 Å². The first-order valence-electron chi connectivity index (χ1n) is 12.5. The van der Waals surface area contributed by atoms with Crippen LogP contribution >= 0.6 is 0 Å². The minimum Gasteiger partial charge on any atom is -0.396 e. The molecule has 8 heteroatoms. The Balaban J connectivity index is 1.36. The van der Waals surface area contributed by atoms with Crippen LogP contribution in [0.15, 0.2) is 41.5 Å². The van der Waals surface area contributed by atoms with Gasteiger partial charge in [-0.3, -0.25) is 19.5 Å². The van der Waals surface area contributed by atoms with Crippen molar-refractivity contribution in [2.24, 2.45) is 17.8 Å². The summed E-state index contributed by atoms with van der Waals surface area (Å²) in [4.78, 5) is 38.1. The standard InChI is InChI=1S/C26H33N5O3/c1-28-9-11-29(12-10-28)26(34)24-21(16-32)20-15-30-22(23(20)31(24)14-17-4-5-17)7-6-19(25(30)33)18-3-2-8-27-13-18/h2-3,6-8,13,17,20-21,23-24,32H,4-5,9-12,14-16H2,1H3/t20-,21-,23+,24-/m0/s1. The van der Waals surface area contributed by atoms with Crippen molar-refractivity contribution in [1.29, 1.82) is 0 Å². The van der Waals surface area contributed by atoms with E-state index in [0.29, 0.717) is 18.0 Å². The molecule has 4 aliphatic rings. The van der Waals surface area contributed by atoms with Crippen molar-refractivity contribution < 1.29 is 9.90 Å². The second-order valence-corrected chi connectivity index (χ2v) is 10.5. The SMILES string of the molecule is CN1CCN(C(=O)[C@@H]2[C@@H](CO)[C@@H]3Cn4c(ccc(-c5cccnc5)c4=O)[C@@H]3N2CC2CC2)CC1. The van der Waals surface area contributed by atoms with E-state index in [1.807, 2.05) is 27.7 Å². The number of aromatic nitrogens is 2. The molecular weight excluding hydrogens is 430 g/mol. The highest BCUT2D eigenvalue weighted by atomic mass is 16.3. The number of rotatable bonds is 5. The van der Waals surface area contributed by atoms with Gasteiger partial charge in [0.2, 0.25) is 5.91 Å². The van der Waals surface area contributed by atoms with Gasteiger partial charge >= 0.3 is 0 Å². The Morgan fingerprint density at radius 2 is 1.94 bits per heavy atom. The molecule has 0 spiro atoms. The Morgan fingerprint density at radius 1 is 1.15 bits per heavy atom. The molecule has 2 saturated heterocycles. The highest BCUT2D eigenvalue weighted by Gasteiger charge is 2.57. The van der Waals surface area contributed by atoms with Crippen molar-refractivity contribution in [3.05, 3.63) is 52.7 Å². The zero-order chi connectivity index (χ0) is 23.4. The average Bonchev–Trinajstić information content (AvgIpc) is 3.52. The third-order valence-electron chi connectivity index (χ3n) is 8.40. The number of likely N-dealkylation sites (N-methyl/N-ethyl adjacent to an activating group) is 1. The molecule has 1 aliphatic carbocycles. The largest absolute Gasteiger partial charge is 0.396 e. The number of piperazine rings is 1. The molecule has 5 heterocycles. The third kappa shape index (κ3) is 3.59. The number of pyridine rings is 2. The summed E-state index contributed by atoms with van der Waals surface area (Å²) in [6, 6.07) is 7.40. The van der Waals surface area contributed by atoms with Crippen molar-refractivity contribution >= 4 is 5.91 Å². The fraction of sp³-hybridized carbons (Fsp3) is 0.577. The van der Waals surface area contributed by atoms with Gasteiger partial charge in [-0.1, -0.05) is 6.07 Å². The summed E-state index contributed by atoms with van der Waals surface area (Å²) in [6.07, 6.45) is 5.82. The number of aliphatic hydroxyl groups excluding tert-OH is 1. The van der Waals surface area contributed by atoms with E-state index in [2.05, 4.69) is 27.9 Å². The molecule has 8 nitrogen and oxygen atoms in total. The van der Waals surface area contributed by atoms with E-state index in [1.54, 1.807) is 12.4 Å². The normalized spacial score (nSPS) is 29.3. The predicted molar refractivity (Wildman–Crippen MR) is 128 cm³/mol. The first-order chi connectivity index (χ1) is 16.6. The predicted octanol–water partition coefficient (Wildman–Crippen LogP) is 1.06. The van der Waals surface area contributed by atoms with Crippen molar-refractivity contribution in [2.45, 2.75) is 31.5 Å². The molecule has 3 fully saturated rings. The molecule has 34 heavy (non-hydrogen) atoms. The van der Waals surface area contributed by atoms with Crippen LogP contribution in [0.2, 0.25) is 0 Å². The van der Waals surface area contributed by atoms with Gasteiger partial charge in [0.25, 0.3) is 5.56 Å². The van der Waals surface area contributed by atoms with Crippen LogP contribution in [0.4, 0.5) is 0 Å². The number of hydrogen-bond acceptors (Lipinski definition) is 6. The Bertz CT molecular complexity index is 1120. The molecule has 3 aliphatic heterocycles. The van der Waals surface area contributed by atoms with Gasteiger partial charge in [-0.25, -0.2) is 0 Å². The lowest BCUT2D eigenvalue weighted by atomic mass is 9.88. The first-order valence-corrected chi connectivity index (χ1v) is 12.5. The molecule has 180 valence electrons. The highest BCUT2D eigenvalue weighted by Crippen LogP contribution is 2.51. The molecule has 0 aromatic carbocycles. The number of fused-ring (bicyclic) bond motifs is 3. The molecule has 1 N–H and O–H groups in total. The van der Waals surface area contributed by atoms with Crippen LogP contribution < -0.4 is 5.56 Å². The number of hydrogen-bond donors (Lipinski definition) is 1. The van der Waals surface area contributed by atoms with Crippen molar-refractivity contribution in [2.75, 3.05) is 46.4 Å². The van der Waals surface area contributed by atoms with Crippen molar-refractivity contribution in [1.82, 2.24) is 24.3 Å². The van der Waals surface area contributed by atoms with E-state index in [4.69, 9.17) is 0 Å². The number of amides is 1. The number of nitrogens with zero attached hydrogens (tertiary/aromatic N) is 5.